The topological polar surface area (TPSA) is 76.0 Å². The predicted molar refractivity (Wildman–Crippen MR) is 110 cm³/mol. The Bertz CT molecular complexity index is 1050. The largest absolute Gasteiger partial charge is 0.343 e. The smallest absolute Gasteiger partial charge is 0.244 e. The Labute approximate surface area is 165 Å². The Kier molecular flexibility index (Phi) is 5.62. The summed E-state index contributed by atoms with van der Waals surface area (Å²) in [5, 5.41) is 11.2. The molecule has 0 aliphatic rings. The van der Waals surface area contributed by atoms with Crippen LogP contribution < -0.4 is 10.6 Å². The Morgan fingerprint density at radius 2 is 2.04 bits per heavy atom. The number of benzene rings is 1. The van der Waals surface area contributed by atoms with Crippen LogP contribution in [0.5, 0.6) is 0 Å². The van der Waals surface area contributed by atoms with Crippen LogP contribution in [0.1, 0.15) is 16.3 Å². The summed E-state index contributed by atoms with van der Waals surface area (Å²) in [5.41, 5.74) is 2.25. The lowest BCUT2D eigenvalue weighted by Gasteiger charge is -2.06. The van der Waals surface area contributed by atoms with Crippen LogP contribution in [0.3, 0.4) is 0 Å². The molecule has 0 spiro atoms. The molecule has 8 heteroatoms. The van der Waals surface area contributed by atoms with Gasteiger partial charge < -0.3 is 10.6 Å². The molecule has 27 heavy (non-hydrogen) atoms. The van der Waals surface area contributed by atoms with Crippen LogP contribution in [0.4, 0.5) is 5.69 Å². The molecule has 0 aliphatic carbocycles. The van der Waals surface area contributed by atoms with Gasteiger partial charge in [0.1, 0.15) is 0 Å². The highest BCUT2D eigenvalue weighted by Crippen LogP contribution is 2.35. The van der Waals surface area contributed by atoms with Gasteiger partial charge in [-0.1, -0.05) is 29.8 Å². The van der Waals surface area contributed by atoms with Gasteiger partial charge in [0.25, 0.3) is 0 Å². The maximum atomic E-state index is 12.1. The number of aromatic nitrogens is 2. The molecule has 6 nitrogen and oxygen atoms in total. The maximum absolute atomic E-state index is 12.1. The molecule has 2 heterocycles. The van der Waals surface area contributed by atoms with Crippen molar-refractivity contribution < 1.29 is 9.59 Å². The fraction of sp³-hybridized carbons (Fsp3) is 0.211. The Morgan fingerprint density at radius 3 is 2.70 bits per heavy atom. The molecule has 2 aromatic heterocycles. The van der Waals surface area contributed by atoms with Crippen molar-refractivity contribution in [1.29, 1.82) is 0 Å². The van der Waals surface area contributed by atoms with E-state index in [1.54, 1.807) is 10.8 Å². The van der Waals surface area contributed by atoms with Gasteiger partial charge in [0.05, 0.1) is 28.6 Å². The molecule has 0 saturated heterocycles. The summed E-state index contributed by atoms with van der Waals surface area (Å²) in [4.78, 5) is 24.9. The molecule has 0 unspecified atom stereocenters. The summed E-state index contributed by atoms with van der Waals surface area (Å²) in [5.74, 6) is -0.672. The lowest BCUT2D eigenvalue weighted by atomic mass is 10.2. The van der Waals surface area contributed by atoms with Gasteiger partial charge in [-0.05, 0) is 26.0 Å². The number of rotatable bonds is 5. The maximum Gasteiger partial charge on any atom is 0.244 e. The van der Waals surface area contributed by atoms with E-state index in [0.717, 1.165) is 26.4 Å². The SMILES string of the molecule is Cc1nn(C)c(C)c1NC(=O)CNC(=O)/C=C/c1sc2ccccc2c1Cl. The van der Waals surface area contributed by atoms with Crippen LogP contribution in [0.15, 0.2) is 30.3 Å². The van der Waals surface area contributed by atoms with Crippen LogP contribution >= 0.6 is 22.9 Å². The second-order valence-electron chi connectivity index (χ2n) is 6.05. The highest BCUT2D eigenvalue weighted by atomic mass is 35.5. The number of amides is 2. The molecule has 2 N–H and O–H groups in total. The third-order valence-electron chi connectivity index (χ3n) is 4.14. The van der Waals surface area contributed by atoms with E-state index in [2.05, 4.69) is 15.7 Å². The first-order valence-electron chi connectivity index (χ1n) is 8.30. The molecule has 0 bridgehead atoms. The van der Waals surface area contributed by atoms with Gasteiger partial charge in [-0.3, -0.25) is 14.3 Å². The van der Waals surface area contributed by atoms with E-state index >= 15 is 0 Å². The number of nitrogens with one attached hydrogen (secondary N) is 2. The van der Waals surface area contributed by atoms with Gasteiger partial charge in [0.15, 0.2) is 0 Å². The summed E-state index contributed by atoms with van der Waals surface area (Å²) in [6.07, 6.45) is 3.04. The monoisotopic (exact) mass is 402 g/mol. The van der Waals surface area contributed by atoms with Crippen molar-refractivity contribution in [2.45, 2.75) is 13.8 Å². The van der Waals surface area contributed by atoms with E-state index in [9.17, 15) is 9.59 Å². The third-order valence-corrected chi connectivity index (χ3v) is 5.80. The normalized spacial score (nSPS) is 11.3. The zero-order chi connectivity index (χ0) is 19.6. The first-order chi connectivity index (χ1) is 12.9. The Hall–Kier alpha value is -2.64. The number of hydrogen-bond donors (Lipinski definition) is 2. The standard InChI is InChI=1S/C19H19ClN4O2S/c1-11-19(12(2)24(3)23-11)22-17(26)10-21-16(25)9-8-15-18(20)13-6-4-5-7-14(13)27-15/h4-9H,10H2,1-3H3,(H,21,25)(H,22,26)/b9-8+. The molecule has 0 fully saturated rings. The number of anilines is 1. The van der Waals surface area contributed by atoms with Crippen LogP contribution in [0.2, 0.25) is 5.02 Å². The average molecular weight is 403 g/mol. The molecule has 0 atom stereocenters. The van der Waals surface area contributed by atoms with Gasteiger partial charge in [-0.15, -0.1) is 11.3 Å². The van der Waals surface area contributed by atoms with Crippen molar-refractivity contribution in [2.75, 3.05) is 11.9 Å². The third kappa shape index (κ3) is 4.20. The van der Waals surface area contributed by atoms with Gasteiger partial charge in [0, 0.05) is 28.1 Å². The van der Waals surface area contributed by atoms with Crippen LogP contribution in [0.25, 0.3) is 16.2 Å². The van der Waals surface area contributed by atoms with Crippen LogP contribution in [-0.2, 0) is 16.6 Å². The molecule has 2 amide bonds. The second kappa shape index (κ2) is 7.94. The number of nitrogens with zero attached hydrogens (tertiary/aromatic N) is 2. The summed E-state index contributed by atoms with van der Waals surface area (Å²) in [7, 11) is 1.81. The average Bonchev–Trinajstić information content (AvgIpc) is 3.09. The highest BCUT2D eigenvalue weighted by Gasteiger charge is 2.13. The van der Waals surface area contributed by atoms with E-state index in [1.165, 1.54) is 17.4 Å². The minimum atomic E-state index is -0.363. The van der Waals surface area contributed by atoms with Crippen molar-refractivity contribution in [3.05, 3.63) is 51.6 Å². The summed E-state index contributed by atoms with van der Waals surface area (Å²) in [6.45, 7) is 3.56. The number of carbonyl (C=O) groups excluding carboxylic acids is 2. The molecular formula is C19H19ClN4O2S. The van der Waals surface area contributed by atoms with Crippen LogP contribution in [-0.4, -0.2) is 28.1 Å². The first-order valence-corrected chi connectivity index (χ1v) is 9.49. The van der Waals surface area contributed by atoms with Crippen molar-refractivity contribution in [1.82, 2.24) is 15.1 Å². The molecule has 1 aromatic carbocycles. The molecule has 0 saturated carbocycles. The van der Waals surface area contributed by atoms with Gasteiger partial charge in [-0.25, -0.2) is 0 Å². The van der Waals surface area contributed by atoms with Crippen LogP contribution in [0, 0.1) is 13.8 Å². The Morgan fingerprint density at radius 1 is 1.30 bits per heavy atom. The van der Waals surface area contributed by atoms with E-state index in [0.29, 0.717) is 10.7 Å². The zero-order valence-corrected chi connectivity index (χ0v) is 16.7. The van der Waals surface area contributed by atoms with Crippen molar-refractivity contribution in [2.24, 2.45) is 7.05 Å². The lowest BCUT2D eigenvalue weighted by Crippen LogP contribution is -2.31. The molecule has 0 aliphatic heterocycles. The number of carbonyl (C=O) groups is 2. The molecule has 3 aromatic rings. The fourth-order valence-corrected chi connectivity index (χ4v) is 4.05. The Balaban J connectivity index is 1.58. The van der Waals surface area contributed by atoms with Gasteiger partial charge in [0.2, 0.25) is 11.8 Å². The number of hydrogen-bond acceptors (Lipinski definition) is 4. The number of fused-ring (bicyclic) bond motifs is 1. The molecule has 3 rings (SSSR count). The minimum absolute atomic E-state index is 0.128. The lowest BCUT2D eigenvalue weighted by molar-refractivity contribution is -0.121. The summed E-state index contributed by atoms with van der Waals surface area (Å²) >= 11 is 7.86. The first kappa shape index (κ1) is 19.1. The fourth-order valence-electron chi connectivity index (χ4n) is 2.66. The van der Waals surface area contributed by atoms with Crippen molar-refractivity contribution >= 4 is 56.6 Å². The molecular weight excluding hydrogens is 384 g/mol. The highest BCUT2D eigenvalue weighted by molar-refractivity contribution is 7.20. The molecule has 0 radical (unpaired) electrons. The zero-order valence-electron chi connectivity index (χ0n) is 15.2. The van der Waals surface area contributed by atoms with Gasteiger partial charge >= 0.3 is 0 Å². The molecule has 140 valence electrons. The second-order valence-corrected chi connectivity index (χ2v) is 7.51. The quantitative estimate of drug-likeness (QED) is 0.639. The van der Waals surface area contributed by atoms with E-state index in [-0.39, 0.29) is 18.4 Å². The van der Waals surface area contributed by atoms with E-state index in [4.69, 9.17) is 11.6 Å². The van der Waals surface area contributed by atoms with E-state index in [1.807, 2.05) is 45.2 Å². The number of thiophene rings is 1. The van der Waals surface area contributed by atoms with Gasteiger partial charge in [-0.2, -0.15) is 5.10 Å². The number of halogens is 1. The van der Waals surface area contributed by atoms with Crippen molar-refractivity contribution in [3.63, 3.8) is 0 Å². The number of aryl methyl sites for hydroxylation is 2. The minimum Gasteiger partial charge on any atom is -0.343 e. The van der Waals surface area contributed by atoms with Crippen molar-refractivity contribution in [3.8, 4) is 0 Å². The van der Waals surface area contributed by atoms with E-state index < -0.39 is 0 Å². The predicted octanol–water partition coefficient (Wildman–Crippen LogP) is 3.67. The summed E-state index contributed by atoms with van der Waals surface area (Å²) < 4.78 is 2.75. The summed E-state index contributed by atoms with van der Waals surface area (Å²) in [6, 6.07) is 7.79.